The molecule has 4 aromatic heterocycles. The summed E-state index contributed by atoms with van der Waals surface area (Å²) in [5.74, 6) is 0. The highest BCUT2D eigenvalue weighted by molar-refractivity contribution is 6.35. The summed E-state index contributed by atoms with van der Waals surface area (Å²) in [6.45, 7) is 4.96. The standard InChI is InChI=1S/C23H24Cl2N8/c24-20-8-26-9-21(25)19(20)13-31-5-2-16(3-6-31)32-11-17(12-32)33-10-15(7-30-33)22-18-1-4-27-23(18)29-14-28-22/h1,4,7-10,14,16-17H,2-3,5-6,11-13H2,(H,27,28,29). The molecule has 10 heteroatoms. The summed E-state index contributed by atoms with van der Waals surface area (Å²) in [5, 5.41) is 6.96. The van der Waals surface area contributed by atoms with Crippen LogP contribution in [0.4, 0.5) is 0 Å². The zero-order chi connectivity index (χ0) is 22.4. The number of pyridine rings is 1. The Bertz CT molecular complexity index is 1250. The fraction of sp³-hybridized carbons (Fsp3) is 0.391. The molecule has 1 N–H and O–H groups in total. The fourth-order valence-corrected chi connectivity index (χ4v) is 5.46. The molecule has 0 spiro atoms. The predicted molar refractivity (Wildman–Crippen MR) is 128 cm³/mol. The molecule has 33 heavy (non-hydrogen) atoms. The van der Waals surface area contributed by atoms with Crippen LogP contribution < -0.4 is 0 Å². The number of aromatic nitrogens is 6. The average molecular weight is 483 g/mol. The van der Waals surface area contributed by atoms with Crippen molar-refractivity contribution in [3.8, 4) is 11.3 Å². The molecular weight excluding hydrogens is 459 g/mol. The predicted octanol–water partition coefficient (Wildman–Crippen LogP) is 4.04. The monoisotopic (exact) mass is 482 g/mol. The summed E-state index contributed by atoms with van der Waals surface area (Å²) in [4.78, 5) is 21.0. The molecular formula is C23H24Cl2N8. The van der Waals surface area contributed by atoms with E-state index >= 15 is 0 Å². The third-order valence-electron chi connectivity index (χ3n) is 6.90. The third kappa shape index (κ3) is 4.01. The molecule has 8 nitrogen and oxygen atoms in total. The molecule has 6 heterocycles. The first-order valence-corrected chi connectivity index (χ1v) is 12.0. The van der Waals surface area contributed by atoms with E-state index in [-0.39, 0.29) is 0 Å². The second-order valence-electron chi connectivity index (χ2n) is 8.87. The van der Waals surface area contributed by atoms with Crippen molar-refractivity contribution >= 4 is 34.2 Å². The smallest absolute Gasteiger partial charge is 0.141 e. The Balaban J connectivity index is 1.04. The molecule has 0 radical (unpaired) electrons. The van der Waals surface area contributed by atoms with E-state index in [2.05, 4.69) is 45.7 Å². The van der Waals surface area contributed by atoms with E-state index in [0.29, 0.717) is 22.1 Å². The van der Waals surface area contributed by atoms with Gasteiger partial charge < -0.3 is 4.98 Å². The normalized spacial score (nSPS) is 18.7. The van der Waals surface area contributed by atoms with E-state index in [1.807, 2.05) is 18.5 Å². The maximum atomic E-state index is 6.30. The number of rotatable bonds is 5. The number of nitrogens with one attached hydrogen (secondary N) is 1. The highest BCUT2D eigenvalue weighted by Gasteiger charge is 2.35. The Morgan fingerprint density at radius 3 is 2.58 bits per heavy atom. The van der Waals surface area contributed by atoms with Crippen molar-refractivity contribution in [2.24, 2.45) is 0 Å². The van der Waals surface area contributed by atoms with Gasteiger partial charge in [-0.05, 0) is 32.0 Å². The number of hydrogen-bond donors (Lipinski definition) is 1. The van der Waals surface area contributed by atoms with Crippen LogP contribution in [-0.2, 0) is 6.54 Å². The number of nitrogens with zero attached hydrogens (tertiary/aromatic N) is 7. The average Bonchev–Trinajstić information content (AvgIpc) is 3.46. The maximum absolute atomic E-state index is 6.30. The number of piperidine rings is 1. The minimum Gasteiger partial charge on any atom is -0.346 e. The van der Waals surface area contributed by atoms with Crippen LogP contribution >= 0.6 is 23.2 Å². The summed E-state index contributed by atoms with van der Waals surface area (Å²) in [6, 6.07) is 3.04. The van der Waals surface area contributed by atoms with Crippen LogP contribution in [0.25, 0.3) is 22.3 Å². The van der Waals surface area contributed by atoms with Gasteiger partial charge in [-0.25, -0.2) is 9.97 Å². The third-order valence-corrected chi connectivity index (χ3v) is 7.55. The molecule has 0 aromatic carbocycles. The van der Waals surface area contributed by atoms with Crippen molar-refractivity contribution < 1.29 is 0 Å². The topological polar surface area (TPSA) is 78.8 Å². The Hall–Kier alpha value is -2.52. The SMILES string of the molecule is Clc1cncc(Cl)c1CN1CCC(N2CC(n3cc(-c4ncnc5[nH]ccc45)cn3)C2)CC1. The zero-order valence-corrected chi connectivity index (χ0v) is 19.5. The second kappa shape index (κ2) is 8.68. The number of halogens is 2. The lowest BCUT2D eigenvalue weighted by molar-refractivity contribution is 0.0191. The molecule has 2 fully saturated rings. The van der Waals surface area contributed by atoms with E-state index in [0.717, 1.165) is 73.4 Å². The summed E-state index contributed by atoms with van der Waals surface area (Å²) in [6.07, 6.45) is 13.2. The molecule has 170 valence electrons. The molecule has 2 aliphatic rings. The largest absolute Gasteiger partial charge is 0.346 e. The van der Waals surface area contributed by atoms with Crippen molar-refractivity contribution in [2.45, 2.75) is 31.5 Å². The lowest BCUT2D eigenvalue weighted by atomic mass is 9.97. The van der Waals surface area contributed by atoms with Gasteiger partial charge in [0.15, 0.2) is 0 Å². The summed E-state index contributed by atoms with van der Waals surface area (Å²) in [5.41, 5.74) is 3.78. The number of hydrogen-bond acceptors (Lipinski definition) is 6. The molecule has 2 aliphatic heterocycles. The first-order valence-electron chi connectivity index (χ1n) is 11.2. The minimum atomic E-state index is 0.412. The quantitative estimate of drug-likeness (QED) is 0.462. The fourth-order valence-electron chi connectivity index (χ4n) is 4.97. The van der Waals surface area contributed by atoms with Crippen molar-refractivity contribution in [3.05, 3.63) is 59.0 Å². The highest BCUT2D eigenvalue weighted by Crippen LogP contribution is 2.31. The Labute approximate surface area is 201 Å². The number of H-pyrrole nitrogens is 1. The zero-order valence-electron chi connectivity index (χ0n) is 18.0. The van der Waals surface area contributed by atoms with Crippen LogP contribution in [0.2, 0.25) is 10.0 Å². The molecule has 0 saturated carbocycles. The van der Waals surface area contributed by atoms with Gasteiger partial charge in [0.2, 0.25) is 0 Å². The van der Waals surface area contributed by atoms with Crippen molar-refractivity contribution in [1.29, 1.82) is 0 Å². The lowest BCUT2D eigenvalue weighted by Gasteiger charge is -2.47. The van der Waals surface area contributed by atoms with E-state index in [1.54, 1.807) is 18.7 Å². The summed E-state index contributed by atoms with van der Waals surface area (Å²) in [7, 11) is 0. The van der Waals surface area contributed by atoms with Gasteiger partial charge in [-0.1, -0.05) is 23.2 Å². The van der Waals surface area contributed by atoms with Crippen molar-refractivity contribution in [2.75, 3.05) is 26.2 Å². The van der Waals surface area contributed by atoms with Crippen molar-refractivity contribution in [3.63, 3.8) is 0 Å². The first-order chi connectivity index (χ1) is 16.2. The van der Waals surface area contributed by atoms with Gasteiger partial charge in [-0.15, -0.1) is 0 Å². The van der Waals surface area contributed by atoms with Gasteiger partial charge in [-0.3, -0.25) is 19.5 Å². The molecule has 0 aliphatic carbocycles. The van der Waals surface area contributed by atoms with Gasteiger partial charge in [0.05, 0.1) is 28.0 Å². The molecule has 6 rings (SSSR count). The van der Waals surface area contributed by atoms with E-state index < -0.39 is 0 Å². The highest BCUT2D eigenvalue weighted by atomic mass is 35.5. The van der Waals surface area contributed by atoms with E-state index in [4.69, 9.17) is 23.2 Å². The Morgan fingerprint density at radius 2 is 1.79 bits per heavy atom. The van der Waals surface area contributed by atoms with Gasteiger partial charge >= 0.3 is 0 Å². The van der Waals surface area contributed by atoms with E-state index in [9.17, 15) is 0 Å². The maximum Gasteiger partial charge on any atom is 0.141 e. The number of fused-ring (bicyclic) bond motifs is 1. The second-order valence-corrected chi connectivity index (χ2v) is 9.68. The van der Waals surface area contributed by atoms with Crippen LogP contribution in [0.3, 0.4) is 0 Å². The molecule has 0 unspecified atom stereocenters. The van der Waals surface area contributed by atoms with Crippen LogP contribution in [0.1, 0.15) is 24.4 Å². The van der Waals surface area contributed by atoms with Gasteiger partial charge in [0.1, 0.15) is 12.0 Å². The van der Waals surface area contributed by atoms with Crippen LogP contribution in [0, 0.1) is 0 Å². The minimum absolute atomic E-state index is 0.412. The van der Waals surface area contributed by atoms with Gasteiger partial charge in [0.25, 0.3) is 0 Å². The van der Waals surface area contributed by atoms with Gasteiger partial charge in [0, 0.05) is 67.0 Å². The summed E-state index contributed by atoms with van der Waals surface area (Å²) < 4.78 is 2.09. The Kier molecular flexibility index (Phi) is 5.54. The molecule has 0 bridgehead atoms. The number of aromatic amines is 1. The van der Waals surface area contributed by atoms with Crippen LogP contribution in [0.15, 0.2) is 43.4 Å². The molecule has 0 atom stereocenters. The first kappa shape index (κ1) is 21.0. The molecule has 2 saturated heterocycles. The van der Waals surface area contributed by atoms with Gasteiger partial charge in [-0.2, -0.15) is 5.10 Å². The van der Waals surface area contributed by atoms with E-state index in [1.165, 1.54) is 0 Å². The number of likely N-dealkylation sites (tertiary alicyclic amines) is 2. The molecule has 0 amide bonds. The van der Waals surface area contributed by atoms with Crippen LogP contribution in [-0.4, -0.2) is 71.7 Å². The molecule has 4 aromatic rings. The Morgan fingerprint density at radius 1 is 1.00 bits per heavy atom. The van der Waals surface area contributed by atoms with Crippen LogP contribution in [0.5, 0.6) is 0 Å². The van der Waals surface area contributed by atoms with Crippen molar-refractivity contribution in [1.82, 2.24) is 39.5 Å². The lowest BCUT2D eigenvalue weighted by Crippen LogP contribution is -2.55. The summed E-state index contributed by atoms with van der Waals surface area (Å²) >= 11 is 12.6.